The Morgan fingerprint density at radius 1 is 1.08 bits per heavy atom. The van der Waals surface area contributed by atoms with Crippen LogP contribution in [0.4, 0.5) is 0 Å². The Labute approximate surface area is 154 Å². The number of ether oxygens (including phenoxy) is 2. The summed E-state index contributed by atoms with van der Waals surface area (Å²) in [6, 6.07) is 14.6. The minimum Gasteiger partial charge on any atom is -0.493 e. The highest BCUT2D eigenvalue weighted by atomic mass is 16.5. The third-order valence-electron chi connectivity index (χ3n) is 5.74. The molecule has 2 unspecified atom stereocenters. The van der Waals surface area contributed by atoms with Gasteiger partial charge in [0, 0.05) is 31.5 Å². The monoisotopic (exact) mass is 351 g/mol. The molecule has 4 rings (SSSR count). The van der Waals surface area contributed by atoms with E-state index in [2.05, 4.69) is 29.2 Å². The van der Waals surface area contributed by atoms with Crippen molar-refractivity contribution in [1.82, 2.24) is 4.90 Å². The lowest BCUT2D eigenvalue weighted by molar-refractivity contribution is -0.128. The van der Waals surface area contributed by atoms with Crippen LogP contribution in [0, 0.1) is 5.92 Å². The number of methoxy groups -OCH3 is 2. The van der Waals surface area contributed by atoms with Crippen molar-refractivity contribution in [2.24, 2.45) is 5.92 Å². The molecule has 0 radical (unpaired) electrons. The Balaban J connectivity index is 1.58. The fourth-order valence-electron chi connectivity index (χ4n) is 4.36. The zero-order valence-electron chi connectivity index (χ0n) is 15.4. The topological polar surface area (TPSA) is 38.8 Å². The molecular weight excluding hydrogens is 326 g/mol. The molecular formula is C22H25NO3. The van der Waals surface area contributed by atoms with E-state index in [1.165, 1.54) is 16.7 Å². The van der Waals surface area contributed by atoms with Gasteiger partial charge in [0.25, 0.3) is 0 Å². The largest absolute Gasteiger partial charge is 0.493 e. The van der Waals surface area contributed by atoms with Crippen LogP contribution in [-0.2, 0) is 17.6 Å². The van der Waals surface area contributed by atoms with Gasteiger partial charge in [-0.1, -0.05) is 30.3 Å². The van der Waals surface area contributed by atoms with Gasteiger partial charge >= 0.3 is 0 Å². The fourth-order valence-corrected chi connectivity index (χ4v) is 4.36. The number of Topliss-reactive ketones (excluding diaryl/α,β-unsaturated/α-hetero) is 1. The maximum Gasteiger partial charge on any atom is 0.161 e. The van der Waals surface area contributed by atoms with Gasteiger partial charge < -0.3 is 9.47 Å². The first-order valence-corrected chi connectivity index (χ1v) is 9.25. The van der Waals surface area contributed by atoms with Crippen molar-refractivity contribution < 1.29 is 14.3 Å². The van der Waals surface area contributed by atoms with Crippen LogP contribution in [-0.4, -0.2) is 38.0 Å². The van der Waals surface area contributed by atoms with Gasteiger partial charge in [-0.05, 0) is 41.7 Å². The van der Waals surface area contributed by atoms with E-state index in [0.717, 1.165) is 37.4 Å². The Kier molecular flexibility index (Phi) is 4.68. The van der Waals surface area contributed by atoms with Crippen molar-refractivity contribution in [2.75, 3.05) is 27.3 Å². The van der Waals surface area contributed by atoms with Crippen LogP contribution in [0.2, 0.25) is 0 Å². The fraction of sp³-hybridized carbons (Fsp3) is 0.409. The molecule has 136 valence electrons. The molecule has 0 amide bonds. The van der Waals surface area contributed by atoms with Gasteiger partial charge in [0.05, 0.1) is 14.2 Å². The van der Waals surface area contributed by atoms with Gasteiger partial charge in [-0.15, -0.1) is 0 Å². The zero-order valence-corrected chi connectivity index (χ0v) is 15.4. The number of rotatable bonds is 4. The number of hydrogen-bond acceptors (Lipinski definition) is 4. The van der Waals surface area contributed by atoms with Crippen LogP contribution < -0.4 is 9.47 Å². The lowest BCUT2D eigenvalue weighted by Crippen LogP contribution is -2.46. The summed E-state index contributed by atoms with van der Waals surface area (Å²) in [5.74, 6) is 1.98. The van der Waals surface area contributed by atoms with Crippen molar-refractivity contribution in [3.63, 3.8) is 0 Å². The SMILES string of the molecule is COc1cc2c(cc1OC)C1CC(=O)C(Cc3ccccc3)CN1CC2. The van der Waals surface area contributed by atoms with Crippen LogP contribution in [0.5, 0.6) is 11.5 Å². The number of nitrogens with zero attached hydrogens (tertiary/aromatic N) is 1. The average molecular weight is 351 g/mol. The quantitative estimate of drug-likeness (QED) is 0.846. The molecule has 2 atom stereocenters. The Morgan fingerprint density at radius 2 is 1.81 bits per heavy atom. The number of hydrogen-bond donors (Lipinski definition) is 0. The second-order valence-electron chi connectivity index (χ2n) is 7.22. The van der Waals surface area contributed by atoms with E-state index in [-0.39, 0.29) is 12.0 Å². The molecule has 26 heavy (non-hydrogen) atoms. The van der Waals surface area contributed by atoms with Crippen molar-refractivity contribution in [1.29, 1.82) is 0 Å². The minimum absolute atomic E-state index is 0.0929. The molecule has 2 aromatic carbocycles. The maximum absolute atomic E-state index is 12.9. The molecule has 0 N–H and O–H groups in total. The van der Waals surface area contributed by atoms with E-state index in [4.69, 9.17) is 9.47 Å². The number of carbonyl (C=O) groups excluding carboxylic acids is 1. The summed E-state index contributed by atoms with van der Waals surface area (Å²) in [6.45, 7) is 1.83. The summed E-state index contributed by atoms with van der Waals surface area (Å²) in [5.41, 5.74) is 3.74. The zero-order chi connectivity index (χ0) is 18.1. The number of piperidine rings is 1. The van der Waals surface area contributed by atoms with E-state index in [1.807, 2.05) is 18.2 Å². The summed E-state index contributed by atoms with van der Waals surface area (Å²) in [7, 11) is 3.32. The van der Waals surface area contributed by atoms with Gasteiger partial charge in [0.1, 0.15) is 5.78 Å². The molecule has 2 aromatic rings. The Morgan fingerprint density at radius 3 is 2.54 bits per heavy atom. The lowest BCUT2D eigenvalue weighted by atomic mass is 9.80. The molecule has 4 nitrogen and oxygen atoms in total. The van der Waals surface area contributed by atoms with Crippen molar-refractivity contribution in [3.05, 3.63) is 59.2 Å². The number of ketones is 1. The van der Waals surface area contributed by atoms with Crippen molar-refractivity contribution >= 4 is 5.78 Å². The highest BCUT2D eigenvalue weighted by molar-refractivity contribution is 5.83. The van der Waals surface area contributed by atoms with Crippen LogP contribution in [0.3, 0.4) is 0 Å². The molecule has 2 aliphatic rings. The van der Waals surface area contributed by atoms with Gasteiger partial charge in [0.15, 0.2) is 11.5 Å². The standard InChI is InChI=1S/C22H25NO3/c1-25-21-11-16-8-9-23-14-17(10-15-6-4-3-5-7-15)20(24)13-19(23)18(16)12-22(21)26-2/h3-7,11-12,17,19H,8-10,13-14H2,1-2H3. The molecule has 2 aliphatic heterocycles. The predicted molar refractivity (Wildman–Crippen MR) is 101 cm³/mol. The van der Waals surface area contributed by atoms with E-state index in [1.54, 1.807) is 14.2 Å². The highest BCUT2D eigenvalue weighted by Crippen LogP contribution is 2.42. The van der Waals surface area contributed by atoms with Crippen LogP contribution >= 0.6 is 0 Å². The van der Waals surface area contributed by atoms with Gasteiger partial charge in [0.2, 0.25) is 0 Å². The maximum atomic E-state index is 12.9. The van der Waals surface area contributed by atoms with Crippen molar-refractivity contribution in [3.8, 4) is 11.5 Å². The van der Waals surface area contributed by atoms with Gasteiger partial charge in [-0.3, -0.25) is 9.69 Å². The lowest BCUT2D eigenvalue weighted by Gasteiger charge is -2.43. The third kappa shape index (κ3) is 3.10. The number of benzene rings is 2. The number of fused-ring (bicyclic) bond motifs is 3. The van der Waals surface area contributed by atoms with E-state index < -0.39 is 0 Å². The summed E-state index contributed by atoms with van der Waals surface area (Å²) < 4.78 is 10.9. The first-order chi connectivity index (χ1) is 12.7. The molecule has 2 heterocycles. The molecule has 0 spiro atoms. The Bertz CT molecular complexity index is 803. The summed E-state index contributed by atoms with van der Waals surface area (Å²) >= 11 is 0. The predicted octanol–water partition coefficient (Wildman–Crippen LogP) is 3.43. The summed E-state index contributed by atoms with van der Waals surface area (Å²) in [5, 5.41) is 0. The van der Waals surface area contributed by atoms with Crippen molar-refractivity contribution in [2.45, 2.75) is 25.3 Å². The number of carbonyl (C=O) groups is 1. The third-order valence-corrected chi connectivity index (χ3v) is 5.74. The molecule has 1 saturated heterocycles. The van der Waals surface area contributed by atoms with E-state index >= 15 is 0 Å². The average Bonchev–Trinajstić information content (AvgIpc) is 2.68. The highest BCUT2D eigenvalue weighted by Gasteiger charge is 2.38. The first kappa shape index (κ1) is 17.1. The first-order valence-electron chi connectivity index (χ1n) is 9.25. The molecule has 4 heteroatoms. The molecule has 0 bridgehead atoms. The summed E-state index contributed by atoms with van der Waals surface area (Å²) in [4.78, 5) is 15.3. The molecule has 0 aromatic heterocycles. The van der Waals surface area contributed by atoms with E-state index in [0.29, 0.717) is 12.2 Å². The van der Waals surface area contributed by atoms with Crippen LogP contribution in [0.25, 0.3) is 0 Å². The second-order valence-corrected chi connectivity index (χ2v) is 7.22. The van der Waals surface area contributed by atoms with Gasteiger partial charge in [-0.25, -0.2) is 0 Å². The molecule has 0 saturated carbocycles. The molecule has 0 aliphatic carbocycles. The van der Waals surface area contributed by atoms with Gasteiger partial charge in [-0.2, -0.15) is 0 Å². The minimum atomic E-state index is 0.0929. The Hall–Kier alpha value is -2.33. The van der Waals surface area contributed by atoms with Crippen LogP contribution in [0.15, 0.2) is 42.5 Å². The molecule has 1 fully saturated rings. The smallest absolute Gasteiger partial charge is 0.161 e. The normalized spacial score (nSPS) is 22.5. The van der Waals surface area contributed by atoms with Crippen LogP contribution in [0.1, 0.15) is 29.2 Å². The second kappa shape index (κ2) is 7.12. The summed E-state index contributed by atoms with van der Waals surface area (Å²) in [6.07, 6.45) is 2.40. The van der Waals surface area contributed by atoms with E-state index in [9.17, 15) is 4.79 Å².